The first-order valence-corrected chi connectivity index (χ1v) is 2.89. The zero-order valence-corrected chi connectivity index (χ0v) is 5.53. The summed E-state index contributed by atoms with van der Waals surface area (Å²) in [6, 6.07) is 0. The van der Waals surface area contributed by atoms with E-state index in [9.17, 15) is 0 Å². The fraction of sp³-hybridized carbons (Fsp3) is 0.714. The second kappa shape index (κ2) is 1.59. The quantitative estimate of drug-likeness (QED) is 0.468. The summed E-state index contributed by atoms with van der Waals surface area (Å²) < 4.78 is 5.04. The molecular weight excluding hydrogens is 100 g/mol. The van der Waals surface area contributed by atoms with Crippen molar-refractivity contribution >= 4 is 0 Å². The van der Waals surface area contributed by atoms with Crippen LogP contribution < -0.4 is 0 Å². The summed E-state index contributed by atoms with van der Waals surface area (Å²) in [6.45, 7) is 9.83. The molecule has 0 aromatic rings. The lowest BCUT2D eigenvalue weighted by Crippen LogP contribution is -2.40. The molecule has 0 spiro atoms. The molecule has 1 aliphatic rings. The zero-order chi connectivity index (χ0) is 6.20. The van der Waals surface area contributed by atoms with Gasteiger partial charge in [0.2, 0.25) is 0 Å². The van der Waals surface area contributed by atoms with Gasteiger partial charge in [0.25, 0.3) is 0 Å². The lowest BCUT2D eigenvalue weighted by atomic mass is 9.82. The first kappa shape index (κ1) is 5.83. The Morgan fingerprint density at radius 1 is 1.62 bits per heavy atom. The van der Waals surface area contributed by atoms with E-state index in [2.05, 4.69) is 20.4 Å². The van der Waals surface area contributed by atoms with Gasteiger partial charge in [0.1, 0.15) is 0 Å². The Morgan fingerprint density at radius 3 is 2.12 bits per heavy atom. The smallest absolute Gasteiger partial charge is 0.0579 e. The zero-order valence-electron chi connectivity index (χ0n) is 5.53. The molecule has 1 heterocycles. The summed E-state index contributed by atoms with van der Waals surface area (Å²) in [5.74, 6) is 0. The lowest BCUT2D eigenvalue weighted by Gasteiger charge is -2.38. The lowest BCUT2D eigenvalue weighted by molar-refractivity contribution is -0.0774. The van der Waals surface area contributed by atoms with Gasteiger partial charge in [-0.15, -0.1) is 0 Å². The minimum atomic E-state index is 0.306. The van der Waals surface area contributed by atoms with Crippen molar-refractivity contribution < 1.29 is 4.74 Å². The van der Waals surface area contributed by atoms with E-state index in [0.717, 1.165) is 13.2 Å². The van der Waals surface area contributed by atoms with Crippen LogP contribution in [0.15, 0.2) is 12.2 Å². The van der Waals surface area contributed by atoms with Gasteiger partial charge >= 0.3 is 0 Å². The summed E-state index contributed by atoms with van der Waals surface area (Å²) in [7, 11) is 0. The van der Waals surface area contributed by atoms with Gasteiger partial charge in [-0.3, -0.25) is 0 Å². The topological polar surface area (TPSA) is 9.23 Å². The third-order valence-electron chi connectivity index (χ3n) is 1.87. The molecule has 1 fully saturated rings. The predicted octanol–water partition coefficient (Wildman–Crippen LogP) is 1.60. The minimum absolute atomic E-state index is 0.306. The first-order valence-electron chi connectivity index (χ1n) is 2.89. The van der Waals surface area contributed by atoms with Crippen molar-refractivity contribution in [3.8, 4) is 0 Å². The molecule has 0 radical (unpaired) electrons. The van der Waals surface area contributed by atoms with Crippen molar-refractivity contribution in [1.29, 1.82) is 0 Å². The van der Waals surface area contributed by atoms with E-state index in [1.54, 1.807) is 0 Å². The van der Waals surface area contributed by atoms with Crippen molar-refractivity contribution in [2.45, 2.75) is 13.8 Å². The molecular formula is C7H12O. The van der Waals surface area contributed by atoms with E-state index >= 15 is 0 Å². The van der Waals surface area contributed by atoms with Crippen LogP contribution >= 0.6 is 0 Å². The van der Waals surface area contributed by atoms with E-state index < -0.39 is 0 Å². The average molecular weight is 112 g/mol. The molecule has 0 N–H and O–H groups in total. The second-order valence-corrected chi connectivity index (χ2v) is 2.83. The van der Waals surface area contributed by atoms with Crippen molar-refractivity contribution in [2.75, 3.05) is 13.2 Å². The Labute approximate surface area is 50.3 Å². The molecule has 1 nitrogen and oxygen atoms in total. The van der Waals surface area contributed by atoms with Crippen molar-refractivity contribution in [3.63, 3.8) is 0 Å². The monoisotopic (exact) mass is 112 g/mol. The minimum Gasteiger partial charge on any atom is -0.379 e. The van der Waals surface area contributed by atoms with Gasteiger partial charge in [-0.2, -0.15) is 0 Å². The summed E-state index contributed by atoms with van der Waals surface area (Å²) in [5, 5.41) is 0. The molecule has 46 valence electrons. The number of hydrogen-bond donors (Lipinski definition) is 0. The summed E-state index contributed by atoms with van der Waals surface area (Å²) in [6.07, 6.45) is 0. The molecule has 1 rings (SSSR count). The van der Waals surface area contributed by atoms with Crippen LogP contribution in [0.5, 0.6) is 0 Å². The van der Waals surface area contributed by atoms with Gasteiger partial charge in [-0.05, 0) is 6.92 Å². The molecule has 0 amide bonds. The van der Waals surface area contributed by atoms with Gasteiger partial charge in [-0.1, -0.05) is 19.1 Å². The molecule has 1 heteroatoms. The van der Waals surface area contributed by atoms with E-state index in [1.807, 2.05) is 0 Å². The number of hydrogen-bond acceptors (Lipinski definition) is 1. The second-order valence-electron chi connectivity index (χ2n) is 2.83. The van der Waals surface area contributed by atoms with Crippen LogP contribution in [0, 0.1) is 5.41 Å². The Morgan fingerprint density at radius 2 is 2.12 bits per heavy atom. The summed E-state index contributed by atoms with van der Waals surface area (Å²) in [5.41, 5.74) is 1.55. The Balaban J connectivity index is 2.53. The average Bonchev–Trinajstić information content (AvgIpc) is 1.60. The van der Waals surface area contributed by atoms with Crippen LogP contribution in [0.3, 0.4) is 0 Å². The standard InChI is InChI=1S/C7H12O/c1-6(2)7(3)4-8-5-7/h1,4-5H2,2-3H3. The predicted molar refractivity (Wildman–Crippen MR) is 33.7 cm³/mol. The Bertz CT molecular complexity index is 112. The SMILES string of the molecule is C=C(C)C1(C)COC1. The molecule has 0 aromatic carbocycles. The number of rotatable bonds is 1. The van der Waals surface area contributed by atoms with Crippen molar-refractivity contribution in [1.82, 2.24) is 0 Å². The van der Waals surface area contributed by atoms with Crippen LogP contribution in [-0.4, -0.2) is 13.2 Å². The molecule has 0 atom stereocenters. The highest BCUT2D eigenvalue weighted by atomic mass is 16.5. The molecule has 0 saturated carbocycles. The fourth-order valence-corrected chi connectivity index (χ4v) is 0.655. The largest absolute Gasteiger partial charge is 0.379 e. The van der Waals surface area contributed by atoms with Crippen LogP contribution in [0.4, 0.5) is 0 Å². The maximum atomic E-state index is 5.04. The van der Waals surface area contributed by atoms with E-state index in [-0.39, 0.29) is 0 Å². The Kier molecular flexibility index (Phi) is 1.16. The van der Waals surface area contributed by atoms with Crippen LogP contribution in [0.1, 0.15) is 13.8 Å². The molecule has 0 unspecified atom stereocenters. The molecule has 1 saturated heterocycles. The maximum Gasteiger partial charge on any atom is 0.0579 e. The van der Waals surface area contributed by atoms with Gasteiger partial charge in [0.05, 0.1) is 13.2 Å². The number of ether oxygens (including phenoxy) is 1. The maximum absolute atomic E-state index is 5.04. The van der Waals surface area contributed by atoms with Gasteiger partial charge in [0, 0.05) is 5.41 Å². The fourth-order valence-electron chi connectivity index (χ4n) is 0.655. The van der Waals surface area contributed by atoms with Crippen LogP contribution in [0.25, 0.3) is 0 Å². The summed E-state index contributed by atoms with van der Waals surface area (Å²) in [4.78, 5) is 0. The first-order chi connectivity index (χ1) is 3.65. The molecule has 0 bridgehead atoms. The van der Waals surface area contributed by atoms with Crippen molar-refractivity contribution in [3.05, 3.63) is 12.2 Å². The van der Waals surface area contributed by atoms with Gasteiger partial charge < -0.3 is 4.74 Å². The third kappa shape index (κ3) is 0.671. The van der Waals surface area contributed by atoms with Gasteiger partial charge in [0.15, 0.2) is 0 Å². The molecule has 1 aliphatic heterocycles. The van der Waals surface area contributed by atoms with Gasteiger partial charge in [-0.25, -0.2) is 0 Å². The molecule has 0 aliphatic carbocycles. The molecule has 0 aromatic heterocycles. The normalized spacial score (nSPS) is 24.2. The van der Waals surface area contributed by atoms with E-state index in [0.29, 0.717) is 5.41 Å². The van der Waals surface area contributed by atoms with E-state index in [4.69, 9.17) is 4.74 Å². The highest BCUT2D eigenvalue weighted by Gasteiger charge is 2.33. The summed E-state index contributed by atoms with van der Waals surface area (Å²) >= 11 is 0. The van der Waals surface area contributed by atoms with Crippen LogP contribution in [-0.2, 0) is 4.74 Å². The highest BCUT2D eigenvalue weighted by molar-refractivity contribution is 5.08. The van der Waals surface area contributed by atoms with E-state index in [1.165, 1.54) is 5.57 Å². The third-order valence-corrected chi connectivity index (χ3v) is 1.87. The Hall–Kier alpha value is -0.300. The highest BCUT2D eigenvalue weighted by Crippen LogP contribution is 2.32. The van der Waals surface area contributed by atoms with Crippen molar-refractivity contribution in [2.24, 2.45) is 5.41 Å². The van der Waals surface area contributed by atoms with Crippen LogP contribution in [0.2, 0.25) is 0 Å². The molecule has 8 heavy (non-hydrogen) atoms.